The molecule has 7 nitrogen and oxygen atoms in total. The second-order valence-electron chi connectivity index (χ2n) is 10.6. The first kappa shape index (κ1) is 26.0. The number of hydrogen-bond donors (Lipinski definition) is 0. The molecule has 3 aromatic carbocycles. The quantitative estimate of drug-likeness (QED) is 0.297. The second-order valence-corrected chi connectivity index (χ2v) is 10.6. The van der Waals surface area contributed by atoms with E-state index in [0.29, 0.717) is 35.2 Å². The summed E-state index contributed by atoms with van der Waals surface area (Å²) in [6.07, 6.45) is 0.442. The topological polar surface area (TPSA) is 80.1 Å². The van der Waals surface area contributed by atoms with Crippen molar-refractivity contribution in [1.29, 1.82) is 0 Å². The van der Waals surface area contributed by atoms with E-state index in [1.807, 2.05) is 20.8 Å². The molecule has 0 radical (unpaired) electrons. The molecule has 1 spiro atoms. The van der Waals surface area contributed by atoms with Gasteiger partial charge < -0.3 is 19.0 Å². The van der Waals surface area contributed by atoms with Crippen LogP contribution in [-0.4, -0.2) is 36.0 Å². The summed E-state index contributed by atoms with van der Waals surface area (Å²) in [4.78, 5) is 45.9. The zero-order valence-electron chi connectivity index (χ0n) is 22.6. The molecular formula is C32H29FN2O5. The van der Waals surface area contributed by atoms with Crippen LogP contribution in [0.3, 0.4) is 0 Å². The number of amides is 2. The van der Waals surface area contributed by atoms with Crippen LogP contribution in [0.25, 0.3) is 11.0 Å². The predicted molar refractivity (Wildman–Crippen MR) is 149 cm³/mol. The molecule has 8 heteroatoms. The SMILES string of the molecule is Cc1ccc2oc3c(c(=O)c2c1)C1(C(=O)N(Cc2ccccc2F)c2ccccc21)N(CCCOC(C)C)C3=O. The van der Waals surface area contributed by atoms with Gasteiger partial charge in [-0.25, -0.2) is 4.39 Å². The largest absolute Gasteiger partial charge is 0.450 e. The van der Waals surface area contributed by atoms with Crippen molar-refractivity contribution in [2.24, 2.45) is 0 Å². The van der Waals surface area contributed by atoms with Gasteiger partial charge in [0.1, 0.15) is 11.4 Å². The fraction of sp³-hybridized carbons (Fsp3) is 0.281. The van der Waals surface area contributed by atoms with Gasteiger partial charge in [-0.2, -0.15) is 0 Å². The van der Waals surface area contributed by atoms with Crippen LogP contribution in [0.5, 0.6) is 0 Å². The van der Waals surface area contributed by atoms with Gasteiger partial charge in [0.25, 0.3) is 11.8 Å². The maximum atomic E-state index is 14.8. The monoisotopic (exact) mass is 540 g/mol. The van der Waals surface area contributed by atoms with Crippen molar-refractivity contribution < 1.29 is 23.1 Å². The highest BCUT2D eigenvalue weighted by atomic mass is 19.1. The Labute approximate surface area is 230 Å². The van der Waals surface area contributed by atoms with Crippen molar-refractivity contribution in [3.8, 4) is 0 Å². The molecule has 2 aliphatic heterocycles. The maximum absolute atomic E-state index is 14.8. The lowest BCUT2D eigenvalue weighted by Gasteiger charge is -2.34. The normalized spacial score (nSPS) is 17.9. The van der Waals surface area contributed by atoms with Gasteiger partial charge in [0.05, 0.1) is 29.3 Å². The third-order valence-corrected chi connectivity index (χ3v) is 7.65. The molecule has 1 unspecified atom stereocenters. The molecule has 0 N–H and O–H groups in total. The number of carbonyl (C=O) groups excluding carboxylic acids is 2. The number of benzene rings is 3. The van der Waals surface area contributed by atoms with Crippen molar-refractivity contribution >= 4 is 28.5 Å². The van der Waals surface area contributed by atoms with E-state index in [-0.39, 0.29) is 36.1 Å². The van der Waals surface area contributed by atoms with Gasteiger partial charge in [0.15, 0.2) is 11.0 Å². The van der Waals surface area contributed by atoms with E-state index in [1.165, 1.54) is 15.9 Å². The highest BCUT2D eigenvalue weighted by Crippen LogP contribution is 2.53. The first-order valence-electron chi connectivity index (χ1n) is 13.4. The van der Waals surface area contributed by atoms with Crippen molar-refractivity contribution in [2.45, 2.75) is 45.4 Å². The van der Waals surface area contributed by atoms with Crippen LogP contribution in [0.4, 0.5) is 10.1 Å². The molecule has 1 atom stereocenters. The van der Waals surface area contributed by atoms with Crippen LogP contribution in [0.1, 0.15) is 53.1 Å². The summed E-state index contributed by atoms with van der Waals surface area (Å²) in [6, 6.07) is 18.5. The molecule has 6 rings (SSSR count). The molecule has 0 saturated carbocycles. The highest BCUT2D eigenvalue weighted by Gasteiger charge is 2.64. The van der Waals surface area contributed by atoms with E-state index < -0.39 is 28.6 Å². The number of ether oxygens (including phenoxy) is 1. The molecular weight excluding hydrogens is 511 g/mol. The average molecular weight is 541 g/mol. The summed E-state index contributed by atoms with van der Waals surface area (Å²) < 4.78 is 26.6. The van der Waals surface area contributed by atoms with E-state index in [9.17, 15) is 18.8 Å². The van der Waals surface area contributed by atoms with Crippen LogP contribution in [0, 0.1) is 12.7 Å². The van der Waals surface area contributed by atoms with E-state index in [0.717, 1.165) is 5.56 Å². The fourth-order valence-electron chi connectivity index (χ4n) is 5.90. The van der Waals surface area contributed by atoms with Gasteiger partial charge in [-0.3, -0.25) is 14.4 Å². The van der Waals surface area contributed by atoms with Gasteiger partial charge in [-0.05, 0) is 51.5 Å². The van der Waals surface area contributed by atoms with Crippen molar-refractivity contribution in [2.75, 3.05) is 18.1 Å². The zero-order chi connectivity index (χ0) is 28.2. The minimum absolute atomic E-state index is 0.00215. The first-order chi connectivity index (χ1) is 19.2. The zero-order valence-corrected chi connectivity index (χ0v) is 22.6. The molecule has 2 amide bonds. The third-order valence-electron chi connectivity index (χ3n) is 7.65. The molecule has 1 aromatic heterocycles. The maximum Gasteiger partial charge on any atom is 0.291 e. The molecule has 0 bridgehead atoms. The average Bonchev–Trinajstić information content (AvgIpc) is 3.32. The lowest BCUT2D eigenvalue weighted by molar-refractivity contribution is -0.126. The number of hydrogen-bond acceptors (Lipinski definition) is 5. The lowest BCUT2D eigenvalue weighted by atomic mass is 9.84. The Morgan fingerprint density at radius 2 is 1.75 bits per heavy atom. The highest BCUT2D eigenvalue weighted by molar-refractivity contribution is 6.17. The fourth-order valence-corrected chi connectivity index (χ4v) is 5.90. The van der Waals surface area contributed by atoms with E-state index in [1.54, 1.807) is 60.7 Å². The summed E-state index contributed by atoms with van der Waals surface area (Å²) in [6.45, 7) is 6.16. The van der Waals surface area contributed by atoms with Crippen LogP contribution in [-0.2, 0) is 21.6 Å². The molecule has 0 aliphatic carbocycles. The van der Waals surface area contributed by atoms with E-state index in [2.05, 4.69) is 0 Å². The predicted octanol–water partition coefficient (Wildman–Crippen LogP) is 5.30. The van der Waals surface area contributed by atoms with Crippen LogP contribution in [0.15, 0.2) is 75.9 Å². The van der Waals surface area contributed by atoms with Gasteiger partial charge in [-0.15, -0.1) is 0 Å². The number of fused-ring (bicyclic) bond motifs is 5. The summed E-state index contributed by atoms with van der Waals surface area (Å²) in [5.41, 5.74) is 0.301. The standard InChI is InChI=1S/C32H29FN2O5/c1-19(2)39-16-8-15-35-30(37)29-27(28(36)22-17-20(3)13-14-26(22)40-29)32(35)23-10-5-7-12-25(23)34(31(32)38)18-21-9-4-6-11-24(21)33/h4-7,9-14,17,19H,8,15-16,18H2,1-3H3. The molecule has 2 aliphatic rings. The number of halogens is 1. The van der Waals surface area contributed by atoms with Gasteiger partial charge >= 0.3 is 0 Å². The lowest BCUT2D eigenvalue weighted by Crippen LogP contribution is -2.53. The number of rotatable bonds is 7. The number of nitrogens with zero attached hydrogens (tertiary/aromatic N) is 2. The smallest absolute Gasteiger partial charge is 0.291 e. The molecule has 204 valence electrons. The van der Waals surface area contributed by atoms with Crippen molar-refractivity contribution in [1.82, 2.24) is 4.90 Å². The Morgan fingerprint density at radius 1 is 1.00 bits per heavy atom. The Balaban J connectivity index is 1.58. The number of anilines is 1. The van der Waals surface area contributed by atoms with E-state index >= 15 is 0 Å². The van der Waals surface area contributed by atoms with Gasteiger partial charge in [-0.1, -0.05) is 48.0 Å². The molecule has 3 heterocycles. The Bertz CT molecular complexity index is 1730. The summed E-state index contributed by atoms with van der Waals surface area (Å²) in [5.74, 6) is -1.61. The van der Waals surface area contributed by atoms with Gasteiger partial charge in [0, 0.05) is 24.3 Å². The Morgan fingerprint density at radius 3 is 2.52 bits per heavy atom. The molecule has 40 heavy (non-hydrogen) atoms. The minimum atomic E-state index is -1.75. The first-order valence-corrected chi connectivity index (χ1v) is 13.4. The molecule has 4 aromatic rings. The molecule has 0 fully saturated rings. The second kappa shape index (κ2) is 9.71. The third kappa shape index (κ3) is 3.78. The van der Waals surface area contributed by atoms with Crippen LogP contribution in [0.2, 0.25) is 0 Å². The van der Waals surface area contributed by atoms with Crippen molar-refractivity contribution in [3.63, 3.8) is 0 Å². The van der Waals surface area contributed by atoms with Crippen LogP contribution < -0.4 is 10.3 Å². The summed E-state index contributed by atoms with van der Waals surface area (Å²) in [5, 5.41) is 0.300. The number of carbonyl (C=O) groups is 2. The van der Waals surface area contributed by atoms with Crippen LogP contribution >= 0.6 is 0 Å². The Hall–Kier alpha value is -4.30. The summed E-state index contributed by atoms with van der Waals surface area (Å²) >= 11 is 0. The number of aryl methyl sites for hydroxylation is 1. The van der Waals surface area contributed by atoms with Gasteiger partial charge in [0.2, 0.25) is 5.76 Å². The van der Waals surface area contributed by atoms with Crippen molar-refractivity contribution in [3.05, 3.63) is 111 Å². The summed E-state index contributed by atoms with van der Waals surface area (Å²) in [7, 11) is 0. The van der Waals surface area contributed by atoms with E-state index in [4.69, 9.17) is 9.15 Å². The number of para-hydroxylation sites is 1. The molecule has 0 saturated heterocycles. The minimum Gasteiger partial charge on any atom is -0.450 e. The Kier molecular flexibility index (Phi) is 6.30.